The maximum Gasteiger partial charge on any atom is -0.0533 e. The van der Waals surface area contributed by atoms with Crippen molar-refractivity contribution in [2.24, 2.45) is 0 Å². The molecule has 0 heterocycles. The Labute approximate surface area is 62.8 Å². The highest BCUT2D eigenvalue weighted by molar-refractivity contribution is 4.51. The summed E-state index contributed by atoms with van der Waals surface area (Å²) in [6.45, 7) is 0. The normalized spacial score (nSPS) is 19.8. The average molecular weight is 146 g/mol. The molecule has 1 aliphatic rings. The summed E-state index contributed by atoms with van der Waals surface area (Å²) in [5.41, 5.74) is 0. The molecule has 0 aliphatic heterocycles. The van der Waals surface area contributed by atoms with Crippen molar-refractivity contribution >= 4 is 0 Å². The molecule has 0 unspecified atom stereocenters. The lowest BCUT2D eigenvalue weighted by Crippen LogP contribution is -1.85. The summed E-state index contributed by atoms with van der Waals surface area (Å²) >= 11 is 0. The highest BCUT2D eigenvalue weighted by Crippen LogP contribution is 2.15. The van der Waals surface area contributed by atoms with Gasteiger partial charge in [-0.3, -0.25) is 10.5 Å². The lowest BCUT2D eigenvalue weighted by atomic mass is 10.0. The second kappa shape index (κ2) is 8.92. The summed E-state index contributed by atoms with van der Waals surface area (Å²) in [5.74, 6) is 0. The van der Waals surface area contributed by atoms with Gasteiger partial charge in [0.25, 0.3) is 0 Å². The molecule has 0 aromatic rings. The summed E-state index contributed by atoms with van der Waals surface area (Å²) < 4.78 is 0. The molecule has 2 N–H and O–H groups in total. The van der Waals surface area contributed by atoms with E-state index in [2.05, 4.69) is 0 Å². The summed E-state index contributed by atoms with van der Waals surface area (Å²) in [7, 11) is 0. The second-order valence-electron chi connectivity index (χ2n) is 2.83. The van der Waals surface area contributed by atoms with Crippen LogP contribution in [0.4, 0.5) is 0 Å². The molecule has 0 amide bonds. The van der Waals surface area contributed by atoms with Crippen LogP contribution in [-0.4, -0.2) is 10.5 Å². The summed E-state index contributed by atoms with van der Waals surface area (Å²) in [5, 5.41) is 12.0. The van der Waals surface area contributed by atoms with Crippen LogP contribution in [0.3, 0.4) is 0 Å². The minimum Gasteiger partial charge on any atom is -0.255 e. The van der Waals surface area contributed by atoms with Crippen molar-refractivity contribution in [2.45, 2.75) is 51.4 Å². The van der Waals surface area contributed by atoms with E-state index in [-0.39, 0.29) is 0 Å². The van der Waals surface area contributed by atoms with Gasteiger partial charge in [-0.25, -0.2) is 0 Å². The van der Waals surface area contributed by atoms with Crippen molar-refractivity contribution in [1.29, 1.82) is 0 Å². The van der Waals surface area contributed by atoms with Gasteiger partial charge in [-0.2, -0.15) is 0 Å². The first-order valence-electron chi connectivity index (χ1n) is 4.20. The van der Waals surface area contributed by atoms with Gasteiger partial charge in [0.05, 0.1) is 0 Å². The van der Waals surface area contributed by atoms with Crippen molar-refractivity contribution < 1.29 is 10.5 Å². The molecule has 0 radical (unpaired) electrons. The Kier molecular flexibility index (Phi) is 8.85. The Hall–Kier alpha value is -0.0800. The largest absolute Gasteiger partial charge is 0.255 e. The molecule has 0 saturated heterocycles. The van der Waals surface area contributed by atoms with Crippen molar-refractivity contribution in [2.75, 3.05) is 0 Å². The van der Waals surface area contributed by atoms with Crippen LogP contribution in [0.15, 0.2) is 0 Å². The van der Waals surface area contributed by atoms with Crippen molar-refractivity contribution in [3.05, 3.63) is 0 Å². The molecule has 1 aliphatic carbocycles. The Morgan fingerprint density at radius 2 is 0.500 bits per heavy atom. The van der Waals surface area contributed by atoms with Crippen LogP contribution in [0.1, 0.15) is 51.4 Å². The molecule has 62 valence electrons. The fourth-order valence-electron chi connectivity index (χ4n) is 1.41. The zero-order chi connectivity index (χ0) is 7.66. The van der Waals surface area contributed by atoms with Crippen LogP contribution in [0, 0.1) is 0 Å². The molecule has 1 fully saturated rings. The molecule has 2 heteroatoms. The van der Waals surface area contributed by atoms with E-state index in [1.54, 1.807) is 0 Å². The van der Waals surface area contributed by atoms with Crippen molar-refractivity contribution in [1.82, 2.24) is 0 Å². The summed E-state index contributed by atoms with van der Waals surface area (Å²) in [6, 6.07) is 0. The quantitative estimate of drug-likeness (QED) is 0.407. The van der Waals surface area contributed by atoms with E-state index in [9.17, 15) is 0 Å². The minimum absolute atomic E-state index is 1.50. The van der Waals surface area contributed by atoms with Crippen molar-refractivity contribution in [3.8, 4) is 0 Å². The van der Waals surface area contributed by atoms with Crippen LogP contribution >= 0.6 is 0 Å². The predicted molar refractivity (Wildman–Crippen MR) is 42.2 cm³/mol. The SMILES string of the molecule is C1CCCCCCC1.OO. The van der Waals surface area contributed by atoms with E-state index < -0.39 is 0 Å². The van der Waals surface area contributed by atoms with Crippen LogP contribution in [0.5, 0.6) is 0 Å². The molecule has 0 spiro atoms. The van der Waals surface area contributed by atoms with E-state index in [4.69, 9.17) is 10.5 Å². The Morgan fingerprint density at radius 3 is 0.600 bits per heavy atom. The van der Waals surface area contributed by atoms with Crippen LogP contribution < -0.4 is 0 Å². The third-order valence-electron chi connectivity index (χ3n) is 2.00. The van der Waals surface area contributed by atoms with E-state index >= 15 is 0 Å². The number of rotatable bonds is 0. The molecule has 0 bridgehead atoms. The van der Waals surface area contributed by atoms with E-state index in [0.29, 0.717) is 0 Å². The molecule has 10 heavy (non-hydrogen) atoms. The molecule has 0 aromatic carbocycles. The standard InChI is InChI=1S/C8H16.H2O2/c1-2-4-6-8-7-5-3-1;1-2/h1-8H2;1-2H. The summed E-state index contributed by atoms with van der Waals surface area (Å²) in [4.78, 5) is 0. The highest BCUT2D eigenvalue weighted by atomic mass is 17.0. The Bertz CT molecular complexity index is 31.2. The average Bonchev–Trinajstić information content (AvgIpc) is 1.90. The second-order valence-corrected chi connectivity index (χ2v) is 2.83. The molecule has 0 atom stereocenters. The zero-order valence-corrected chi connectivity index (χ0v) is 6.55. The van der Waals surface area contributed by atoms with E-state index in [1.165, 1.54) is 51.4 Å². The maximum atomic E-state index is 6.00. The monoisotopic (exact) mass is 146 g/mol. The zero-order valence-electron chi connectivity index (χ0n) is 6.55. The number of hydrogen-bond donors (Lipinski definition) is 2. The fourth-order valence-corrected chi connectivity index (χ4v) is 1.41. The molecule has 0 aromatic heterocycles. The highest BCUT2D eigenvalue weighted by Gasteiger charge is 1.95. The van der Waals surface area contributed by atoms with Gasteiger partial charge in [-0.15, -0.1) is 0 Å². The van der Waals surface area contributed by atoms with Gasteiger partial charge < -0.3 is 0 Å². The maximum absolute atomic E-state index is 6.00. The molecular formula is C8H18O2. The van der Waals surface area contributed by atoms with Gasteiger partial charge in [0.1, 0.15) is 0 Å². The summed E-state index contributed by atoms with van der Waals surface area (Å²) in [6.07, 6.45) is 12.0. The van der Waals surface area contributed by atoms with Gasteiger partial charge in [-0.05, 0) is 0 Å². The van der Waals surface area contributed by atoms with E-state index in [0.717, 1.165) is 0 Å². The van der Waals surface area contributed by atoms with Crippen molar-refractivity contribution in [3.63, 3.8) is 0 Å². The minimum atomic E-state index is 1.50. The molecule has 1 rings (SSSR count). The smallest absolute Gasteiger partial charge is 0.0533 e. The topological polar surface area (TPSA) is 40.5 Å². The van der Waals surface area contributed by atoms with Gasteiger partial charge in [-0.1, -0.05) is 51.4 Å². The van der Waals surface area contributed by atoms with Gasteiger partial charge in [0, 0.05) is 0 Å². The number of hydrogen-bond acceptors (Lipinski definition) is 2. The fraction of sp³-hybridized carbons (Fsp3) is 1.00. The van der Waals surface area contributed by atoms with Crippen LogP contribution in [-0.2, 0) is 0 Å². The van der Waals surface area contributed by atoms with Gasteiger partial charge in [0.2, 0.25) is 0 Å². The molecule has 1 saturated carbocycles. The first-order valence-corrected chi connectivity index (χ1v) is 4.20. The van der Waals surface area contributed by atoms with Crippen LogP contribution in [0.2, 0.25) is 0 Å². The molecular weight excluding hydrogens is 128 g/mol. The Balaban J connectivity index is 0.000000371. The van der Waals surface area contributed by atoms with Gasteiger partial charge >= 0.3 is 0 Å². The molecule has 2 nitrogen and oxygen atoms in total. The first-order chi connectivity index (χ1) is 5.00. The lowest BCUT2D eigenvalue weighted by Gasteiger charge is -2.05. The lowest BCUT2D eigenvalue weighted by molar-refractivity contribution is -0.176. The third-order valence-corrected chi connectivity index (χ3v) is 2.00. The predicted octanol–water partition coefficient (Wildman–Crippen LogP) is 3.14. The van der Waals surface area contributed by atoms with E-state index in [1.807, 2.05) is 0 Å². The Morgan fingerprint density at radius 1 is 0.400 bits per heavy atom. The first kappa shape index (κ1) is 9.92. The van der Waals surface area contributed by atoms with Gasteiger partial charge in [0.15, 0.2) is 0 Å². The van der Waals surface area contributed by atoms with Crippen LogP contribution in [0.25, 0.3) is 0 Å². The third kappa shape index (κ3) is 6.05.